The Morgan fingerprint density at radius 3 is 2.12 bits per heavy atom. The van der Waals surface area contributed by atoms with Crippen LogP contribution >= 0.6 is 0 Å². The van der Waals surface area contributed by atoms with Crippen LogP contribution in [-0.2, 0) is 6.42 Å². The maximum absolute atomic E-state index is 2.27. The maximum Gasteiger partial charge on any atom is -0.00494 e. The minimum atomic E-state index is 1.01. The Morgan fingerprint density at radius 1 is 0.875 bits per heavy atom. The second-order valence-corrected chi connectivity index (χ2v) is 4.31. The van der Waals surface area contributed by atoms with Gasteiger partial charge in [0.25, 0.3) is 0 Å². The van der Waals surface area contributed by atoms with Gasteiger partial charge in [0.1, 0.15) is 0 Å². The molecule has 0 saturated heterocycles. The van der Waals surface area contributed by atoms with Crippen molar-refractivity contribution in [3.8, 4) is 0 Å². The summed E-state index contributed by atoms with van der Waals surface area (Å²) in [4.78, 5) is 0. The van der Waals surface area contributed by atoms with E-state index in [0.717, 1.165) is 6.42 Å². The lowest BCUT2D eigenvalue weighted by molar-refractivity contribution is 1.15. The van der Waals surface area contributed by atoms with Crippen molar-refractivity contribution in [1.82, 2.24) is 0 Å². The first-order valence-corrected chi connectivity index (χ1v) is 5.69. The van der Waals surface area contributed by atoms with Crippen molar-refractivity contribution in [2.45, 2.75) is 20.3 Å². The summed E-state index contributed by atoms with van der Waals surface area (Å²) in [5, 5.41) is 0. The van der Waals surface area contributed by atoms with Gasteiger partial charge in [-0.2, -0.15) is 0 Å². The van der Waals surface area contributed by atoms with Gasteiger partial charge >= 0.3 is 0 Å². The topological polar surface area (TPSA) is 0 Å². The maximum atomic E-state index is 2.27. The van der Waals surface area contributed by atoms with Crippen LogP contribution in [0.2, 0.25) is 0 Å². The molecule has 0 nitrogen and oxygen atoms in total. The summed E-state index contributed by atoms with van der Waals surface area (Å²) < 4.78 is 0. The van der Waals surface area contributed by atoms with Gasteiger partial charge in [-0.1, -0.05) is 59.7 Å². The number of aryl methyl sites for hydroxylation is 2. The molecule has 0 spiro atoms. The SMILES string of the molecule is Cc1cc(C)cc(C[CH]c2ccccc2)c1. The molecule has 0 bridgehead atoms. The van der Waals surface area contributed by atoms with E-state index in [2.05, 4.69) is 62.7 Å². The number of benzene rings is 2. The zero-order chi connectivity index (χ0) is 11.4. The predicted octanol–water partition coefficient (Wildman–Crippen LogP) is 4.10. The molecule has 0 aromatic heterocycles. The lowest BCUT2D eigenvalue weighted by Gasteiger charge is -2.05. The first kappa shape index (κ1) is 10.9. The third kappa shape index (κ3) is 2.96. The molecular formula is C16H17. The molecule has 0 N–H and O–H groups in total. The molecule has 0 aliphatic heterocycles. The molecule has 0 aliphatic carbocycles. The quantitative estimate of drug-likeness (QED) is 0.714. The summed E-state index contributed by atoms with van der Waals surface area (Å²) in [5.41, 5.74) is 5.37. The highest BCUT2D eigenvalue weighted by atomic mass is 14.0. The Labute approximate surface area is 97.9 Å². The first-order chi connectivity index (χ1) is 7.74. The Bertz CT molecular complexity index is 434. The van der Waals surface area contributed by atoms with Gasteiger partial charge in [0, 0.05) is 0 Å². The zero-order valence-corrected chi connectivity index (χ0v) is 9.90. The molecule has 1 radical (unpaired) electrons. The number of hydrogen-bond acceptors (Lipinski definition) is 0. The Balaban J connectivity index is 2.05. The largest absolute Gasteiger partial charge is 0.0622 e. The Hall–Kier alpha value is -1.56. The lowest BCUT2D eigenvalue weighted by Crippen LogP contribution is -1.90. The summed E-state index contributed by atoms with van der Waals surface area (Å²) >= 11 is 0. The molecule has 0 aliphatic rings. The summed E-state index contributed by atoms with van der Waals surface area (Å²) in [6, 6.07) is 17.2. The summed E-state index contributed by atoms with van der Waals surface area (Å²) in [6.07, 6.45) is 3.28. The standard InChI is InChI=1S/C16H17/c1-13-10-14(2)12-16(11-13)9-8-15-6-4-3-5-7-15/h3-8,10-12H,9H2,1-2H3. The van der Waals surface area contributed by atoms with Crippen molar-refractivity contribution in [2.75, 3.05) is 0 Å². The molecule has 0 heteroatoms. The van der Waals surface area contributed by atoms with Crippen molar-refractivity contribution in [3.63, 3.8) is 0 Å². The third-order valence-corrected chi connectivity index (χ3v) is 2.65. The number of hydrogen-bond donors (Lipinski definition) is 0. The van der Waals surface area contributed by atoms with Crippen LogP contribution in [0.4, 0.5) is 0 Å². The van der Waals surface area contributed by atoms with Crippen LogP contribution in [0.5, 0.6) is 0 Å². The van der Waals surface area contributed by atoms with Gasteiger partial charge < -0.3 is 0 Å². The highest BCUT2D eigenvalue weighted by Gasteiger charge is 1.97. The smallest absolute Gasteiger partial charge is 0.00494 e. The molecular weight excluding hydrogens is 192 g/mol. The first-order valence-electron chi connectivity index (χ1n) is 5.69. The molecule has 2 rings (SSSR count). The fraction of sp³-hybridized carbons (Fsp3) is 0.188. The summed E-state index contributed by atoms with van der Waals surface area (Å²) in [7, 11) is 0. The van der Waals surface area contributed by atoms with Crippen molar-refractivity contribution in [1.29, 1.82) is 0 Å². The Kier molecular flexibility index (Phi) is 3.40. The van der Waals surface area contributed by atoms with Crippen LogP contribution in [0.3, 0.4) is 0 Å². The Morgan fingerprint density at radius 2 is 1.50 bits per heavy atom. The van der Waals surface area contributed by atoms with Crippen molar-refractivity contribution < 1.29 is 0 Å². The fourth-order valence-electron chi connectivity index (χ4n) is 2.01. The average Bonchev–Trinajstić information content (AvgIpc) is 2.27. The fourth-order valence-corrected chi connectivity index (χ4v) is 2.01. The van der Waals surface area contributed by atoms with E-state index in [1.54, 1.807) is 0 Å². The summed E-state index contributed by atoms with van der Waals surface area (Å²) in [6.45, 7) is 4.30. The molecule has 2 aromatic rings. The van der Waals surface area contributed by atoms with E-state index < -0.39 is 0 Å². The van der Waals surface area contributed by atoms with E-state index in [4.69, 9.17) is 0 Å². The van der Waals surface area contributed by atoms with Crippen molar-refractivity contribution in [3.05, 3.63) is 77.2 Å². The minimum Gasteiger partial charge on any atom is -0.0622 e. The van der Waals surface area contributed by atoms with Crippen LogP contribution in [0.1, 0.15) is 22.3 Å². The minimum absolute atomic E-state index is 1.01. The molecule has 16 heavy (non-hydrogen) atoms. The molecule has 81 valence electrons. The molecule has 0 saturated carbocycles. The highest BCUT2D eigenvalue weighted by molar-refractivity contribution is 5.32. The van der Waals surface area contributed by atoms with Crippen LogP contribution in [-0.4, -0.2) is 0 Å². The van der Waals surface area contributed by atoms with Crippen LogP contribution in [0.25, 0.3) is 0 Å². The van der Waals surface area contributed by atoms with Gasteiger partial charge in [-0.15, -0.1) is 0 Å². The van der Waals surface area contributed by atoms with Gasteiger partial charge in [-0.25, -0.2) is 0 Å². The lowest BCUT2D eigenvalue weighted by atomic mass is 10.0. The predicted molar refractivity (Wildman–Crippen MR) is 69.5 cm³/mol. The molecule has 0 heterocycles. The van der Waals surface area contributed by atoms with Crippen LogP contribution < -0.4 is 0 Å². The van der Waals surface area contributed by atoms with Crippen molar-refractivity contribution >= 4 is 0 Å². The summed E-state index contributed by atoms with van der Waals surface area (Å²) in [5.74, 6) is 0. The van der Waals surface area contributed by atoms with Gasteiger partial charge in [0.05, 0.1) is 0 Å². The van der Waals surface area contributed by atoms with E-state index >= 15 is 0 Å². The van der Waals surface area contributed by atoms with Crippen LogP contribution in [0, 0.1) is 20.3 Å². The zero-order valence-electron chi connectivity index (χ0n) is 9.90. The van der Waals surface area contributed by atoms with Gasteiger partial charge in [0.2, 0.25) is 0 Å². The second kappa shape index (κ2) is 4.98. The molecule has 0 unspecified atom stereocenters. The van der Waals surface area contributed by atoms with E-state index in [9.17, 15) is 0 Å². The van der Waals surface area contributed by atoms with Gasteiger partial charge in [0.15, 0.2) is 0 Å². The van der Waals surface area contributed by atoms with E-state index in [1.807, 2.05) is 6.07 Å². The second-order valence-electron chi connectivity index (χ2n) is 4.31. The molecule has 0 amide bonds. The number of rotatable bonds is 3. The van der Waals surface area contributed by atoms with E-state index in [1.165, 1.54) is 22.3 Å². The molecule has 0 atom stereocenters. The third-order valence-electron chi connectivity index (χ3n) is 2.65. The van der Waals surface area contributed by atoms with Gasteiger partial charge in [-0.3, -0.25) is 0 Å². The monoisotopic (exact) mass is 209 g/mol. The van der Waals surface area contributed by atoms with Crippen molar-refractivity contribution in [2.24, 2.45) is 0 Å². The van der Waals surface area contributed by atoms with E-state index in [-0.39, 0.29) is 0 Å². The van der Waals surface area contributed by atoms with Crippen LogP contribution in [0.15, 0.2) is 48.5 Å². The van der Waals surface area contributed by atoms with E-state index in [0.29, 0.717) is 0 Å². The van der Waals surface area contributed by atoms with Gasteiger partial charge in [-0.05, 0) is 37.8 Å². The normalized spacial score (nSPS) is 10.4. The highest BCUT2D eigenvalue weighted by Crippen LogP contribution is 2.13. The average molecular weight is 209 g/mol. The molecule has 2 aromatic carbocycles. The molecule has 0 fully saturated rings.